The van der Waals surface area contributed by atoms with E-state index in [1.807, 2.05) is 0 Å². The number of pyridine rings is 1. The van der Waals surface area contributed by atoms with E-state index in [4.69, 9.17) is 4.74 Å². The number of esters is 1. The number of hydrogen-bond donors (Lipinski definition) is 0. The summed E-state index contributed by atoms with van der Waals surface area (Å²) in [6.45, 7) is 3.50. The number of carbonyl (C=O) groups is 3. The zero-order chi connectivity index (χ0) is 20.0. The standard InChI is InChI=1S/C20H18N4O4/c1-11-10-15(16-12(2)22-23(3)17(16)21-11)20(27)28-9-8-24-18(25)13-6-4-5-7-14(13)19(24)26/h4-7,10H,8-9H2,1-3H3. The van der Waals surface area contributed by atoms with Gasteiger partial charge in [0.05, 0.1) is 34.3 Å². The van der Waals surface area contributed by atoms with Crippen molar-refractivity contribution in [1.29, 1.82) is 0 Å². The Hall–Kier alpha value is -3.55. The highest BCUT2D eigenvalue weighted by Gasteiger charge is 2.35. The molecule has 3 heterocycles. The van der Waals surface area contributed by atoms with Crippen LogP contribution in [0.2, 0.25) is 0 Å². The van der Waals surface area contributed by atoms with Crippen LogP contribution < -0.4 is 0 Å². The van der Waals surface area contributed by atoms with Gasteiger partial charge in [-0.05, 0) is 32.0 Å². The van der Waals surface area contributed by atoms with E-state index in [1.54, 1.807) is 55.9 Å². The summed E-state index contributed by atoms with van der Waals surface area (Å²) < 4.78 is 6.98. The van der Waals surface area contributed by atoms with Crippen molar-refractivity contribution < 1.29 is 19.1 Å². The summed E-state index contributed by atoms with van der Waals surface area (Å²) in [7, 11) is 1.76. The number of imide groups is 1. The summed E-state index contributed by atoms with van der Waals surface area (Å²) in [6, 6.07) is 8.30. The van der Waals surface area contributed by atoms with Crippen molar-refractivity contribution in [1.82, 2.24) is 19.7 Å². The van der Waals surface area contributed by atoms with Gasteiger partial charge in [0.15, 0.2) is 5.65 Å². The maximum atomic E-state index is 12.7. The first kappa shape index (κ1) is 17.8. The highest BCUT2D eigenvalue weighted by atomic mass is 16.5. The molecular formula is C20H18N4O4. The quantitative estimate of drug-likeness (QED) is 0.509. The zero-order valence-electron chi connectivity index (χ0n) is 15.7. The second-order valence-corrected chi connectivity index (χ2v) is 6.66. The van der Waals surface area contributed by atoms with E-state index in [9.17, 15) is 14.4 Å². The fourth-order valence-corrected chi connectivity index (χ4v) is 3.48. The molecule has 3 aromatic rings. The van der Waals surface area contributed by atoms with Crippen LogP contribution >= 0.6 is 0 Å². The molecule has 0 bridgehead atoms. The van der Waals surface area contributed by atoms with Crippen molar-refractivity contribution in [3.05, 3.63) is 58.4 Å². The molecule has 0 fully saturated rings. The fourth-order valence-electron chi connectivity index (χ4n) is 3.48. The highest BCUT2D eigenvalue weighted by molar-refractivity contribution is 6.21. The minimum Gasteiger partial charge on any atom is -0.460 e. The van der Waals surface area contributed by atoms with E-state index in [1.165, 1.54) is 0 Å². The molecule has 0 aliphatic carbocycles. The van der Waals surface area contributed by atoms with E-state index in [2.05, 4.69) is 10.1 Å². The van der Waals surface area contributed by atoms with Crippen molar-refractivity contribution in [3.63, 3.8) is 0 Å². The molecule has 1 aromatic carbocycles. The maximum absolute atomic E-state index is 12.7. The number of aromatic nitrogens is 3. The van der Waals surface area contributed by atoms with Crippen molar-refractivity contribution in [3.8, 4) is 0 Å². The molecule has 0 unspecified atom stereocenters. The van der Waals surface area contributed by atoms with Gasteiger partial charge in [0.25, 0.3) is 11.8 Å². The van der Waals surface area contributed by atoms with Gasteiger partial charge < -0.3 is 4.74 Å². The summed E-state index contributed by atoms with van der Waals surface area (Å²) in [5.74, 6) is -1.29. The number of amides is 2. The summed E-state index contributed by atoms with van der Waals surface area (Å²) in [6.07, 6.45) is 0. The monoisotopic (exact) mass is 378 g/mol. The molecule has 2 aromatic heterocycles. The Morgan fingerprint density at radius 3 is 2.39 bits per heavy atom. The van der Waals surface area contributed by atoms with Gasteiger partial charge in [-0.15, -0.1) is 0 Å². The van der Waals surface area contributed by atoms with Gasteiger partial charge >= 0.3 is 5.97 Å². The van der Waals surface area contributed by atoms with E-state index in [0.717, 1.165) is 4.90 Å². The molecule has 0 saturated carbocycles. The van der Waals surface area contributed by atoms with Crippen LogP contribution in [0.25, 0.3) is 11.0 Å². The van der Waals surface area contributed by atoms with Crippen LogP contribution in [0.5, 0.6) is 0 Å². The predicted molar refractivity (Wildman–Crippen MR) is 100 cm³/mol. The van der Waals surface area contributed by atoms with Crippen LogP contribution in [-0.2, 0) is 11.8 Å². The maximum Gasteiger partial charge on any atom is 0.339 e. The summed E-state index contributed by atoms with van der Waals surface area (Å²) >= 11 is 0. The number of ether oxygens (including phenoxy) is 1. The average molecular weight is 378 g/mol. The molecule has 28 heavy (non-hydrogen) atoms. The minimum absolute atomic E-state index is 0.00266. The summed E-state index contributed by atoms with van der Waals surface area (Å²) in [5.41, 5.74) is 3.06. The lowest BCUT2D eigenvalue weighted by Gasteiger charge is -2.14. The molecule has 0 radical (unpaired) electrons. The average Bonchev–Trinajstić information content (AvgIpc) is 3.09. The van der Waals surface area contributed by atoms with Gasteiger partial charge in [-0.2, -0.15) is 5.10 Å². The van der Waals surface area contributed by atoms with Crippen molar-refractivity contribution in [2.75, 3.05) is 13.2 Å². The van der Waals surface area contributed by atoms with E-state index in [0.29, 0.717) is 39.1 Å². The number of aryl methyl sites for hydroxylation is 3. The molecule has 0 spiro atoms. The number of benzene rings is 1. The van der Waals surface area contributed by atoms with Gasteiger partial charge in [0, 0.05) is 12.7 Å². The Bertz CT molecular complexity index is 1110. The predicted octanol–water partition coefficient (Wildman–Crippen LogP) is 2.04. The van der Waals surface area contributed by atoms with Gasteiger partial charge in [-0.3, -0.25) is 19.2 Å². The molecule has 0 N–H and O–H groups in total. The van der Waals surface area contributed by atoms with Crippen LogP contribution in [-0.4, -0.2) is 50.6 Å². The van der Waals surface area contributed by atoms with Gasteiger partial charge in [0.1, 0.15) is 6.61 Å². The third kappa shape index (κ3) is 2.74. The Morgan fingerprint density at radius 1 is 1.11 bits per heavy atom. The lowest BCUT2D eigenvalue weighted by molar-refractivity contribution is 0.0422. The minimum atomic E-state index is -0.539. The second kappa shape index (κ2) is 6.56. The van der Waals surface area contributed by atoms with E-state index < -0.39 is 5.97 Å². The van der Waals surface area contributed by atoms with Crippen LogP contribution in [0.1, 0.15) is 42.5 Å². The molecule has 142 valence electrons. The smallest absolute Gasteiger partial charge is 0.339 e. The Balaban J connectivity index is 1.50. The van der Waals surface area contributed by atoms with Crippen molar-refractivity contribution in [2.45, 2.75) is 13.8 Å². The van der Waals surface area contributed by atoms with Crippen LogP contribution in [0.15, 0.2) is 30.3 Å². The lowest BCUT2D eigenvalue weighted by atomic mass is 10.1. The number of rotatable bonds is 4. The van der Waals surface area contributed by atoms with E-state index >= 15 is 0 Å². The van der Waals surface area contributed by atoms with Crippen LogP contribution in [0, 0.1) is 13.8 Å². The first-order chi connectivity index (χ1) is 13.4. The third-order valence-corrected chi connectivity index (χ3v) is 4.74. The molecular weight excluding hydrogens is 360 g/mol. The molecule has 1 aliphatic rings. The molecule has 4 rings (SSSR count). The van der Waals surface area contributed by atoms with Crippen LogP contribution in [0.3, 0.4) is 0 Å². The SMILES string of the molecule is Cc1cc(C(=O)OCCN2C(=O)c3ccccc3C2=O)c2c(C)nn(C)c2n1. The number of hydrogen-bond acceptors (Lipinski definition) is 6. The van der Waals surface area contributed by atoms with Gasteiger partial charge in [0.2, 0.25) is 0 Å². The molecule has 8 heteroatoms. The Morgan fingerprint density at radius 2 is 1.75 bits per heavy atom. The number of fused-ring (bicyclic) bond motifs is 2. The second-order valence-electron chi connectivity index (χ2n) is 6.66. The van der Waals surface area contributed by atoms with Gasteiger partial charge in [-0.1, -0.05) is 12.1 Å². The molecule has 2 amide bonds. The zero-order valence-corrected chi connectivity index (χ0v) is 15.7. The lowest BCUT2D eigenvalue weighted by Crippen LogP contribution is -2.33. The van der Waals surface area contributed by atoms with Crippen molar-refractivity contribution in [2.24, 2.45) is 7.05 Å². The third-order valence-electron chi connectivity index (χ3n) is 4.74. The largest absolute Gasteiger partial charge is 0.460 e. The van der Waals surface area contributed by atoms with Crippen LogP contribution in [0.4, 0.5) is 0 Å². The fraction of sp³-hybridized carbons (Fsp3) is 0.250. The number of carbonyl (C=O) groups excluding carboxylic acids is 3. The normalized spacial score (nSPS) is 13.3. The van der Waals surface area contributed by atoms with Crippen molar-refractivity contribution >= 4 is 28.8 Å². The first-order valence-corrected chi connectivity index (χ1v) is 8.81. The Kier molecular flexibility index (Phi) is 4.18. The topological polar surface area (TPSA) is 94.4 Å². The first-order valence-electron chi connectivity index (χ1n) is 8.81. The molecule has 1 aliphatic heterocycles. The highest BCUT2D eigenvalue weighted by Crippen LogP contribution is 2.24. The summed E-state index contributed by atoms with van der Waals surface area (Å²) in [4.78, 5) is 42.9. The van der Waals surface area contributed by atoms with E-state index in [-0.39, 0.29) is 25.0 Å². The van der Waals surface area contributed by atoms with Gasteiger partial charge in [-0.25, -0.2) is 9.78 Å². The molecule has 8 nitrogen and oxygen atoms in total. The number of nitrogens with zero attached hydrogens (tertiary/aromatic N) is 4. The molecule has 0 atom stereocenters. The summed E-state index contributed by atoms with van der Waals surface area (Å²) in [5, 5.41) is 4.95. The Labute approximate surface area is 160 Å². The molecule has 0 saturated heterocycles.